The molecular weight excluding hydrogens is 281 g/mol. The minimum Gasteiger partial charge on any atom is -0.359 e. The smallest absolute Gasteiger partial charge is 0.359 e. The van der Waals surface area contributed by atoms with E-state index in [1.54, 1.807) is 7.05 Å². The Morgan fingerprint density at radius 2 is 1.90 bits per heavy atom. The van der Waals surface area contributed by atoms with Crippen molar-refractivity contribution in [2.75, 3.05) is 30.4 Å². The summed E-state index contributed by atoms with van der Waals surface area (Å²) >= 11 is 0. The summed E-state index contributed by atoms with van der Waals surface area (Å²) in [7, 11) is 1.61. The van der Waals surface area contributed by atoms with Crippen LogP contribution in [-0.2, 0) is 0 Å². The van der Waals surface area contributed by atoms with E-state index in [9.17, 15) is 13.2 Å². The van der Waals surface area contributed by atoms with Crippen LogP contribution in [0.5, 0.6) is 0 Å². The predicted molar refractivity (Wildman–Crippen MR) is 77.6 cm³/mol. The zero-order chi connectivity index (χ0) is 15.5. The fourth-order valence-electron chi connectivity index (χ4n) is 1.99. The lowest BCUT2D eigenvalue weighted by Gasteiger charge is -2.21. The number of halogens is 3. The maximum Gasteiger partial charge on any atom is 0.390 e. The third-order valence-electron chi connectivity index (χ3n) is 3.01. The molecule has 7 heteroatoms. The number of anilines is 2. The molecule has 0 unspecified atom stereocenters. The Hall–Kier alpha value is -2.05. The number of hydrogen-bond acceptors (Lipinski definition) is 4. The first-order chi connectivity index (χ1) is 9.90. The highest BCUT2D eigenvalue weighted by Gasteiger charge is 2.27. The van der Waals surface area contributed by atoms with Crippen LogP contribution in [0, 0.1) is 0 Å². The molecule has 4 nitrogen and oxygen atoms in total. The van der Waals surface area contributed by atoms with Gasteiger partial charge in [0.05, 0.1) is 11.9 Å². The molecular formula is C14H17F3N4. The van der Waals surface area contributed by atoms with E-state index in [-0.39, 0.29) is 6.54 Å². The van der Waals surface area contributed by atoms with Gasteiger partial charge in [-0.1, -0.05) is 12.1 Å². The average Bonchev–Trinajstić information content (AvgIpc) is 2.43. The summed E-state index contributed by atoms with van der Waals surface area (Å²) in [5.74, 6) is 0.922. The molecule has 0 atom stereocenters. The topological polar surface area (TPSA) is 41.1 Å². The average molecular weight is 298 g/mol. The van der Waals surface area contributed by atoms with E-state index in [4.69, 9.17) is 0 Å². The first kappa shape index (κ1) is 15.3. The van der Waals surface area contributed by atoms with Gasteiger partial charge in [0.25, 0.3) is 0 Å². The van der Waals surface area contributed by atoms with Gasteiger partial charge in [-0.25, -0.2) is 4.98 Å². The van der Waals surface area contributed by atoms with Gasteiger partial charge in [0.15, 0.2) is 0 Å². The molecule has 0 aliphatic rings. The van der Waals surface area contributed by atoms with Gasteiger partial charge in [-0.05, 0) is 19.1 Å². The van der Waals surface area contributed by atoms with Crippen molar-refractivity contribution in [1.82, 2.24) is 9.97 Å². The Balaban J connectivity index is 2.36. The molecule has 0 fully saturated rings. The van der Waals surface area contributed by atoms with Crippen molar-refractivity contribution in [3.8, 4) is 0 Å². The molecule has 2 rings (SSSR count). The quantitative estimate of drug-likeness (QED) is 0.918. The summed E-state index contributed by atoms with van der Waals surface area (Å²) in [6.07, 6.45) is -5.06. The number of alkyl halides is 3. The van der Waals surface area contributed by atoms with Gasteiger partial charge in [0.1, 0.15) is 5.82 Å². The first-order valence-electron chi connectivity index (χ1n) is 6.69. The lowest BCUT2D eigenvalue weighted by Crippen LogP contribution is -2.25. The summed E-state index contributed by atoms with van der Waals surface area (Å²) in [6, 6.07) is 7.29. The van der Waals surface area contributed by atoms with Crippen LogP contribution in [0.4, 0.5) is 24.9 Å². The van der Waals surface area contributed by atoms with E-state index in [0.29, 0.717) is 23.8 Å². The van der Waals surface area contributed by atoms with Crippen molar-refractivity contribution in [1.29, 1.82) is 0 Å². The van der Waals surface area contributed by atoms with Gasteiger partial charge in [-0.3, -0.25) is 0 Å². The summed E-state index contributed by atoms with van der Waals surface area (Å²) in [4.78, 5) is 10.2. The Morgan fingerprint density at radius 1 is 1.19 bits per heavy atom. The van der Waals surface area contributed by atoms with E-state index in [1.165, 1.54) is 4.90 Å². The van der Waals surface area contributed by atoms with Crippen LogP contribution >= 0.6 is 0 Å². The molecule has 1 N–H and O–H groups in total. The van der Waals surface area contributed by atoms with Crippen molar-refractivity contribution in [2.45, 2.75) is 19.5 Å². The van der Waals surface area contributed by atoms with Gasteiger partial charge in [0, 0.05) is 25.5 Å². The molecule has 1 aromatic carbocycles. The van der Waals surface area contributed by atoms with Crippen LogP contribution in [-0.4, -0.2) is 36.3 Å². The fourth-order valence-corrected chi connectivity index (χ4v) is 1.99. The molecule has 2 aromatic rings. The lowest BCUT2D eigenvalue weighted by molar-refractivity contribution is -0.132. The Labute approximate surface area is 121 Å². The number of aromatic nitrogens is 2. The highest BCUT2D eigenvalue weighted by molar-refractivity contribution is 5.90. The van der Waals surface area contributed by atoms with Crippen LogP contribution in [0.2, 0.25) is 0 Å². The number of nitrogens with zero attached hydrogens (tertiary/aromatic N) is 3. The van der Waals surface area contributed by atoms with Crippen molar-refractivity contribution in [3.05, 3.63) is 24.3 Å². The van der Waals surface area contributed by atoms with Gasteiger partial charge < -0.3 is 10.2 Å². The summed E-state index contributed by atoms with van der Waals surface area (Å²) in [5.41, 5.74) is 0.706. The zero-order valence-corrected chi connectivity index (χ0v) is 11.9. The van der Waals surface area contributed by atoms with Gasteiger partial charge >= 0.3 is 6.18 Å². The second-order valence-electron chi connectivity index (χ2n) is 4.71. The SMILES string of the molecule is CCNc1nc(N(C)CCC(F)(F)F)c2ccccc2n1. The van der Waals surface area contributed by atoms with Crippen LogP contribution in [0.3, 0.4) is 0 Å². The molecule has 0 radical (unpaired) electrons. The van der Waals surface area contributed by atoms with E-state index < -0.39 is 12.6 Å². The highest BCUT2D eigenvalue weighted by atomic mass is 19.4. The van der Waals surface area contributed by atoms with E-state index in [2.05, 4.69) is 15.3 Å². The lowest BCUT2D eigenvalue weighted by atomic mass is 10.2. The molecule has 1 aromatic heterocycles. The summed E-state index contributed by atoms with van der Waals surface area (Å²) in [5, 5.41) is 3.74. The third kappa shape index (κ3) is 3.96. The van der Waals surface area contributed by atoms with Crippen molar-refractivity contribution in [3.63, 3.8) is 0 Å². The van der Waals surface area contributed by atoms with E-state index in [0.717, 1.165) is 5.39 Å². The third-order valence-corrected chi connectivity index (χ3v) is 3.01. The van der Waals surface area contributed by atoms with Crippen LogP contribution in [0.25, 0.3) is 10.9 Å². The Kier molecular flexibility index (Phi) is 4.50. The van der Waals surface area contributed by atoms with Crippen molar-refractivity contribution in [2.24, 2.45) is 0 Å². The minimum absolute atomic E-state index is 0.143. The standard InChI is InChI=1S/C14H17F3N4/c1-3-18-13-19-11-7-5-4-6-10(11)12(20-13)21(2)9-8-14(15,16)17/h4-7H,3,8-9H2,1-2H3,(H,18,19,20). The van der Waals surface area contributed by atoms with Crippen molar-refractivity contribution < 1.29 is 13.2 Å². The van der Waals surface area contributed by atoms with Crippen LogP contribution < -0.4 is 10.2 Å². The Morgan fingerprint density at radius 3 is 2.57 bits per heavy atom. The Bertz CT molecular complexity index is 613. The molecule has 0 saturated carbocycles. The number of rotatable bonds is 5. The molecule has 1 heterocycles. The van der Waals surface area contributed by atoms with Crippen LogP contribution in [0.15, 0.2) is 24.3 Å². The zero-order valence-electron chi connectivity index (χ0n) is 11.9. The number of benzene rings is 1. The molecule has 21 heavy (non-hydrogen) atoms. The normalized spacial score (nSPS) is 11.7. The molecule has 0 aliphatic heterocycles. The summed E-state index contributed by atoms with van der Waals surface area (Å²) in [6.45, 7) is 2.41. The molecule has 0 amide bonds. The maximum atomic E-state index is 12.4. The summed E-state index contributed by atoms with van der Waals surface area (Å²) < 4.78 is 37.1. The number of fused-ring (bicyclic) bond motifs is 1. The van der Waals surface area contributed by atoms with Crippen LogP contribution in [0.1, 0.15) is 13.3 Å². The molecule has 0 aliphatic carbocycles. The first-order valence-corrected chi connectivity index (χ1v) is 6.69. The largest absolute Gasteiger partial charge is 0.390 e. The molecule has 114 valence electrons. The molecule has 0 spiro atoms. The second kappa shape index (κ2) is 6.15. The van der Waals surface area contributed by atoms with Crippen molar-refractivity contribution >= 4 is 22.7 Å². The van der Waals surface area contributed by atoms with E-state index in [1.807, 2.05) is 31.2 Å². The fraction of sp³-hybridized carbons (Fsp3) is 0.429. The number of nitrogens with one attached hydrogen (secondary N) is 1. The number of hydrogen-bond donors (Lipinski definition) is 1. The molecule has 0 saturated heterocycles. The van der Waals surface area contributed by atoms with Gasteiger partial charge in [-0.15, -0.1) is 0 Å². The van der Waals surface area contributed by atoms with E-state index >= 15 is 0 Å². The maximum absolute atomic E-state index is 12.4. The molecule has 0 bridgehead atoms. The van der Waals surface area contributed by atoms with Gasteiger partial charge in [0.2, 0.25) is 5.95 Å². The highest BCUT2D eigenvalue weighted by Crippen LogP contribution is 2.26. The monoisotopic (exact) mass is 298 g/mol. The number of para-hydroxylation sites is 1. The van der Waals surface area contributed by atoms with Gasteiger partial charge in [-0.2, -0.15) is 18.2 Å². The second-order valence-corrected chi connectivity index (χ2v) is 4.71. The minimum atomic E-state index is -4.18. The predicted octanol–water partition coefficient (Wildman–Crippen LogP) is 3.45.